The SMILES string of the molecule is CSc1ccccc1-c1ccc(-c2cnc3[nH]ccc3n2)c(F)c1. The maximum Gasteiger partial charge on any atom is 0.156 e. The summed E-state index contributed by atoms with van der Waals surface area (Å²) in [6.07, 6.45) is 5.38. The van der Waals surface area contributed by atoms with Gasteiger partial charge in [-0.1, -0.05) is 24.3 Å². The van der Waals surface area contributed by atoms with Crippen LogP contribution in [-0.2, 0) is 0 Å². The molecule has 0 amide bonds. The van der Waals surface area contributed by atoms with Crippen molar-refractivity contribution in [2.75, 3.05) is 6.26 Å². The van der Waals surface area contributed by atoms with Gasteiger partial charge in [-0.25, -0.2) is 14.4 Å². The Bertz CT molecular complexity index is 1030. The van der Waals surface area contributed by atoms with Crippen LogP contribution in [0.2, 0.25) is 0 Å². The number of aromatic amines is 1. The van der Waals surface area contributed by atoms with Gasteiger partial charge in [-0.05, 0) is 41.6 Å². The highest BCUT2D eigenvalue weighted by atomic mass is 32.2. The minimum atomic E-state index is -0.299. The molecule has 0 fully saturated rings. The molecule has 2 aromatic carbocycles. The van der Waals surface area contributed by atoms with Crippen molar-refractivity contribution in [1.82, 2.24) is 15.0 Å². The largest absolute Gasteiger partial charge is 0.345 e. The summed E-state index contributed by atoms with van der Waals surface area (Å²) in [4.78, 5) is 12.9. The van der Waals surface area contributed by atoms with E-state index in [1.165, 1.54) is 0 Å². The van der Waals surface area contributed by atoms with Gasteiger partial charge in [0.25, 0.3) is 0 Å². The Kier molecular flexibility index (Phi) is 3.78. The molecule has 0 saturated heterocycles. The average Bonchev–Trinajstić information content (AvgIpc) is 3.09. The van der Waals surface area contributed by atoms with Crippen LogP contribution in [0.15, 0.2) is 65.8 Å². The maximum absolute atomic E-state index is 14.7. The first-order valence-electron chi connectivity index (χ1n) is 7.50. The molecule has 0 spiro atoms. The molecule has 118 valence electrons. The van der Waals surface area contributed by atoms with Crippen molar-refractivity contribution >= 4 is 22.9 Å². The third-order valence-electron chi connectivity index (χ3n) is 3.92. The van der Waals surface area contributed by atoms with E-state index in [0.717, 1.165) is 21.5 Å². The Labute approximate surface area is 143 Å². The fourth-order valence-electron chi connectivity index (χ4n) is 2.73. The molecular weight excluding hydrogens is 321 g/mol. The number of hydrogen-bond donors (Lipinski definition) is 1. The molecule has 0 saturated carbocycles. The zero-order valence-electron chi connectivity index (χ0n) is 13.0. The average molecular weight is 335 g/mol. The molecule has 0 aliphatic rings. The second-order valence-electron chi connectivity index (χ2n) is 5.36. The van der Waals surface area contributed by atoms with Crippen LogP contribution in [0.25, 0.3) is 33.5 Å². The van der Waals surface area contributed by atoms with E-state index in [9.17, 15) is 4.39 Å². The summed E-state index contributed by atoms with van der Waals surface area (Å²) in [7, 11) is 0. The summed E-state index contributed by atoms with van der Waals surface area (Å²) in [6.45, 7) is 0. The Morgan fingerprint density at radius 2 is 1.92 bits per heavy atom. The van der Waals surface area contributed by atoms with Gasteiger partial charge in [0.05, 0.1) is 11.9 Å². The highest BCUT2D eigenvalue weighted by molar-refractivity contribution is 7.98. The molecule has 2 aromatic heterocycles. The van der Waals surface area contributed by atoms with Crippen molar-refractivity contribution in [1.29, 1.82) is 0 Å². The standard InChI is InChI=1S/C19H14FN3S/c1-24-18-5-3-2-4-13(18)12-6-7-14(15(20)10-12)17-11-22-19-16(23-17)8-9-21-19/h2-11H,1H3,(H,21,22). The molecule has 0 aliphatic heterocycles. The van der Waals surface area contributed by atoms with Gasteiger partial charge >= 0.3 is 0 Å². The van der Waals surface area contributed by atoms with E-state index in [0.29, 0.717) is 16.9 Å². The molecule has 0 unspecified atom stereocenters. The number of thioether (sulfide) groups is 1. The summed E-state index contributed by atoms with van der Waals surface area (Å²) in [5, 5.41) is 0. The number of halogens is 1. The highest BCUT2D eigenvalue weighted by Gasteiger charge is 2.11. The second kappa shape index (κ2) is 6.09. The van der Waals surface area contributed by atoms with Gasteiger partial charge in [0.15, 0.2) is 5.65 Å². The normalized spacial score (nSPS) is 11.1. The summed E-state index contributed by atoms with van der Waals surface area (Å²) in [5.74, 6) is -0.299. The fourth-order valence-corrected chi connectivity index (χ4v) is 3.35. The molecule has 1 N–H and O–H groups in total. The zero-order valence-corrected chi connectivity index (χ0v) is 13.8. The van der Waals surface area contributed by atoms with Crippen molar-refractivity contribution in [2.24, 2.45) is 0 Å². The Morgan fingerprint density at radius 1 is 1.04 bits per heavy atom. The lowest BCUT2D eigenvalue weighted by Gasteiger charge is -2.09. The van der Waals surface area contributed by atoms with Gasteiger partial charge in [0.1, 0.15) is 11.3 Å². The lowest BCUT2D eigenvalue weighted by molar-refractivity contribution is 0.631. The Balaban J connectivity index is 1.79. The number of rotatable bonds is 3. The van der Waals surface area contributed by atoms with E-state index in [1.54, 1.807) is 36.3 Å². The van der Waals surface area contributed by atoms with E-state index in [-0.39, 0.29) is 5.82 Å². The number of hydrogen-bond acceptors (Lipinski definition) is 3. The molecule has 4 aromatic rings. The van der Waals surface area contributed by atoms with Gasteiger partial charge in [-0.15, -0.1) is 11.8 Å². The van der Waals surface area contributed by atoms with Gasteiger partial charge in [-0.3, -0.25) is 0 Å². The van der Waals surface area contributed by atoms with E-state index in [4.69, 9.17) is 0 Å². The molecule has 0 bridgehead atoms. The van der Waals surface area contributed by atoms with Crippen LogP contribution in [0.4, 0.5) is 4.39 Å². The number of nitrogens with zero attached hydrogens (tertiary/aromatic N) is 2. The minimum absolute atomic E-state index is 0.299. The Morgan fingerprint density at radius 3 is 2.75 bits per heavy atom. The van der Waals surface area contributed by atoms with Gasteiger partial charge in [0, 0.05) is 16.7 Å². The number of benzene rings is 2. The molecule has 3 nitrogen and oxygen atoms in total. The molecule has 2 heterocycles. The quantitative estimate of drug-likeness (QED) is 0.526. The maximum atomic E-state index is 14.7. The van der Waals surface area contributed by atoms with Crippen molar-refractivity contribution in [2.45, 2.75) is 4.90 Å². The summed E-state index contributed by atoms with van der Waals surface area (Å²) < 4.78 is 14.7. The van der Waals surface area contributed by atoms with Crippen LogP contribution in [0.5, 0.6) is 0 Å². The van der Waals surface area contributed by atoms with Crippen LogP contribution in [-0.4, -0.2) is 21.2 Å². The minimum Gasteiger partial charge on any atom is -0.345 e. The number of nitrogens with one attached hydrogen (secondary N) is 1. The fraction of sp³-hybridized carbons (Fsp3) is 0.0526. The molecule has 24 heavy (non-hydrogen) atoms. The van der Waals surface area contributed by atoms with Crippen molar-refractivity contribution in [3.05, 3.63) is 66.7 Å². The molecule has 4 rings (SSSR count). The van der Waals surface area contributed by atoms with Gasteiger partial charge in [0.2, 0.25) is 0 Å². The van der Waals surface area contributed by atoms with Crippen molar-refractivity contribution in [3.63, 3.8) is 0 Å². The summed E-state index contributed by atoms with van der Waals surface area (Å²) >= 11 is 1.65. The van der Waals surface area contributed by atoms with Crippen LogP contribution in [0.1, 0.15) is 0 Å². The van der Waals surface area contributed by atoms with E-state index in [2.05, 4.69) is 15.0 Å². The smallest absolute Gasteiger partial charge is 0.156 e. The molecular formula is C19H14FN3S. The van der Waals surface area contributed by atoms with Crippen LogP contribution >= 0.6 is 11.8 Å². The predicted molar refractivity (Wildman–Crippen MR) is 96.5 cm³/mol. The van der Waals surface area contributed by atoms with E-state index >= 15 is 0 Å². The van der Waals surface area contributed by atoms with Gasteiger partial charge < -0.3 is 4.98 Å². The zero-order chi connectivity index (χ0) is 16.5. The van der Waals surface area contributed by atoms with Crippen molar-refractivity contribution in [3.8, 4) is 22.4 Å². The molecule has 0 aliphatic carbocycles. The first-order valence-corrected chi connectivity index (χ1v) is 8.72. The number of aromatic nitrogens is 3. The van der Waals surface area contributed by atoms with E-state index in [1.807, 2.05) is 42.7 Å². The van der Waals surface area contributed by atoms with E-state index < -0.39 is 0 Å². The van der Waals surface area contributed by atoms with Crippen LogP contribution in [0, 0.1) is 5.82 Å². The van der Waals surface area contributed by atoms with Crippen molar-refractivity contribution < 1.29 is 4.39 Å². The summed E-state index contributed by atoms with van der Waals surface area (Å²) in [6, 6.07) is 15.1. The van der Waals surface area contributed by atoms with Gasteiger partial charge in [-0.2, -0.15) is 0 Å². The lowest BCUT2D eigenvalue weighted by atomic mass is 10.0. The molecule has 0 radical (unpaired) electrons. The highest BCUT2D eigenvalue weighted by Crippen LogP contribution is 2.32. The first kappa shape index (κ1) is 14.9. The Hall–Kier alpha value is -2.66. The number of H-pyrrole nitrogens is 1. The monoisotopic (exact) mass is 335 g/mol. The second-order valence-corrected chi connectivity index (χ2v) is 6.21. The molecule has 5 heteroatoms. The molecule has 0 atom stereocenters. The lowest BCUT2D eigenvalue weighted by Crippen LogP contribution is -1.92. The number of fused-ring (bicyclic) bond motifs is 1. The topological polar surface area (TPSA) is 41.6 Å². The third-order valence-corrected chi connectivity index (χ3v) is 4.72. The third kappa shape index (κ3) is 2.57. The first-order chi connectivity index (χ1) is 11.8. The predicted octanol–water partition coefficient (Wildman–Crippen LogP) is 5.15. The van der Waals surface area contributed by atoms with Crippen LogP contribution < -0.4 is 0 Å². The van der Waals surface area contributed by atoms with Crippen LogP contribution in [0.3, 0.4) is 0 Å². The summed E-state index contributed by atoms with van der Waals surface area (Å²) in [5.41, 5.74) is 4.30.